The number of hydrogen-bond donors (Lipinski definition) is 2. The summed E-state index contributed by atoms with van der Waals surface area (Å²) >= 11 is 0. The van der Waals surface area contributed by atoms with E-state index in [0.717, 1.165) is 11.1 Å². The number of amides is 2. The number of anilines is 1. The maximum Gasteiger partial charge on any atom is 0.313 e. The molecule has 2 N–H and O–H groups in total. The molecular weight excluding hydrogens is 360 g/mol. The third-order valence-electron chi connectivity index (χ3n) is 4.35. The minimum absolute atomic E-state index is 0.0153. The van der Waals surface area contributed by atoms with Crippen LogP contribution in [0.5, 0.6) is 0 Å². The second-order valence-corrected chi connectivity index (χ2v) is 6.83. The fourth-order valence-electron chi connectivity index (χ4n) is 2.73. The van der Waals surface area contributed by atoms with Crippen molar-refractivity contribution in [1.82, 2.24) is 10.2 Å². The Morgan fingerprint density at radius 3 is 2.21 bits per heavy atom. The lowest BCUT2D eigenvalue weighted by atomic mass is 10.0. The maximum absolute atomic E-state index is 12.2. The molecule has 8 heteroatoms. The predicted octanol–water partition coefficient (Wildman–Crippen LogP) is 2.57. The molecule has 2 amide bonds. The van der Waals surface area contributed by atoms with Crippen molar-refractivity contribution >= 4 is 23.2 Å². The molecular formula is C20H24N4O4. The second kappa shape index (κ2) is 9.09. The largest absolute Gasteiger partial charge is 0.346 e. The number of benzene rings is 2. The number of carbonyl (C=O) groups is 2. The van der Waals surface area contributed by atoms with Gasteiger partial charge in [-0.2, -0.15) is 0 Å². The van der Waals surface area contributed by atoms with Gasteiger partial charge >= 0.3 is 11.8 Å². The van der Waals surface area contributed by atoms with E-state index in [1.807, 2.05) is 50.2 Å². The molecule has 0 saturated heterocycles. The molecule has 0 radical (unpaired) electrons. The van der Waals surface area contributed by atoms with Gasteiger partial charge in [0.05, 0.1) is 11.0 Å². The maximum atomic E-state index is 12.2. The number of nitro groups is 1. The summed E-state index contributed by atoms with van der Waals surface area (Å²) in [6.45, 7) is 3.92. The molecule has 148 valence electrons. The molecule has 0 saturated carbocycles. The predicted molar refractivity (Wildman–Crippen MR) is 107 cm³/mol. The van der Waals surface area contributed by atoms with Crippen molar-refractivity contribution < 1.29 is 14.5 Å². The lowest BCUT2D eigenvalue weighted by Gasteiger charge is -2.25. The lowest BCUT2D eigenvalue weighted by molar-refractivity contribution is -0.384. The highest BCUT2D eigenvalue weighted by molar-refractivity contribution is 6.39. The van der Waals surface area contributed by atoms with Crippen LogP contribution in [0.2, 0.25) is 0 Å². The summed E-state index contributed by atoms with van der Waals surface area (Å²) in [7, 11) is 3.76. The molecule has 0 bridgehead atoms. The average Bonchev–Trinajstić information content (AvgIpc) is 2.64. The van der Waals surface area contributed by atoms with E-state index in [9.17, 15) is 19.7 Å². The van der Waals surface area contributed by atoms with Crippen LogP contribution < -0.4 is 10.6 Å². The molecule has 2 aromatic rings. The summed E-state index contributed by atoms with van der Waals surface area (Å²) in [5.41, 5.74) is 2.54. The molecule has 0 unspecified atom stereocenters. The first-order valence-electron chi connectivity index (χ1n) is 8.76. The van der Waals surface area contributed by atoms with Gasteiger partial charge in [0.25, 0.3) is 5.69 Å². The van der Waals surface area contributed by atoms with Crippen LogP contribution in [0.1, 0.15) is 22.7 Å². The van der Waals surface area contributed by atoms with Crippen LogP contribution in [0.4, 0.5) is 11.4 Å². The Hall–Kier alpha value is -3.26. The van der Waals surface area contributed by atoms with E-state index in [1.54, 1.807) is 13.0 Å². The Labute approximate surface area is 163 Å². The number of aryl methyl sites for hydroxylation is 2. The Morgan fingerprint density at radius 1 is 1.04 bits per heavy atom. The zero-order chi connectivity index (χ0) is 20.8. The highest BCUT2D eigenvalue weighted by atomic mass is 16.6. The number of nitro benzene ring substituents is 1. The quantitative estimate of drug-likeness (QED) is 0.452. The molecule has 28 heavy (non-hydrogen) atoms. The Kier molecular flexibility index (Phi) is 6.84. The number of nitrogens with one attached hydrogen (secondary N) is 2. The van der Waals surface area contributed by atoms with Gasteiger partial charge in [-0.15, -0.1) is 0 Å². The summed E-state index contributed by atoms with van der Waals surface area (Å²) in [4.78, 5) is 36.9. The van der Waals surface area contributed by atoms with Crippen LogP contribution in [0, 0.1) is 24.0 Å². The molecule has 0 aromatic heterocycles. The van der Waals surface area contributed by atoms with E-state index in [-0.39, 0.29) is 24.0 Å². The third-order valence-corrected chi connectivity index (χ3v) is 4.35. The van der Waals surface area contributed by atoms with Crippen LogP contribution in [-0.4, -0.2) is 42.3 Å². The van der Waals surface area contributed by atoms with E-state index >= 15 is 0 Å². The van der Waals surface area contributed by atoms with Gasteiger partial charge in [0.2, 0.25) is 0 Å². The molecule has 2 aromatic carbocycles. The van der Waals surface area contributed by atoms with Crippen molar-refractivity contribution in [2.24, 2.45) is 0 Å². The fraction of sp³-hybridized carbons (Fsp3) is 0.300. The van der Waals surface area contributed by atoms with E-state index in [4.69, 9.17) is 0 Å². The SMILES string of the molecule is Cc1ccc([C@H](CNC(=O)C(=O)Nc2ccc(C)cc2[N+](=O)[O-])N(C)C)cc1. The number of rotatable bonds is 6. The summed E-state index contributed by atoms with van der Waals surface area (Å²) in [5, 5.41) is 16.1. The smallest absolute Gasteiger partial charge is 0.313 e. The van der Waals surface area contributed by atoms with Crippen molar-refractivity contribution in [2.45, 2.75) is 19.9 Å². The first kappa shape index (κ1) is 21.0. The number of carbonyl (C=O) groups excluding carboxylic acids is 2. The summed E-state index contributed by atoms with van der Waals surface area (Å²) in [6, 6.07) is 12.2. The van der Waals surface area contributed by atoms with Gasteiger partial charge in [-0.1, -0.05) is 35.9 Å². The fourth-order valence-corrected chi connectivity index (χ4v) is 2.73. The minimum Gasteiger partial charge on any atom is -0.346 e. The molecule has 0 spiro atoms. The van der Waals surface area contributed by atoms with Crippen LogP contribution >= 0.6 is 0 Å². The van der Waals surface area contributed by atoms with Crippen molar-refractivity contribution in [3.8, 4) is 0 Å². The summed E-state index contributed by atoms with van der Waals surface area (Å²) < 4.78 is 0. The molecule has 8 nitrogen and oxygen atoms in total. The molecule has 1 atom stereocenters. The lowest BCUT2D eigenvalue weighted by Crippen LogP contribution is -2.40. The van der Waals surface area contributed by atoms with Gasteiger partial charge in [0.15, 0.2) is 0 Å². The topological polar surface area (TPSA) is 105 Å². The third kappa shape index (κ3) is 5.37. The van der Waals surface area contributed by atoms with E-state index in [2.05, 4.69) is 10.6 Å². The van der Waals surface area contributed by atoms with Crippen LogP contribution in [0.15, 0.2) is 42.5 Å². The van der Waals surface area contributed by atoms with E-state index in [0.29, 0.717) is 5.56 Å². The first-order valence-corrected chi connectivity index (χ1v) is 8.76. The van der Waals surface area contributed by atoms with Crippen molar-refractivity contribution in [2.75, 3.05) is 26.0 Å². The monoisotopic (exact) mass is 384 g/mol. The Bertz CT molecular complexity index is 878. The van der Waals surface area contributed by atoms with Gasteiger partial charge in [-0.3, -0.25) is 19.7 Å². The van der Waals surface area contributed by atoms with Crippen molar-refractivity contribution in [1.29, 1.82) is 0 Å². The number of likely N-dealkylation sites (N-methyl/N-ethyl adjacent to an activating group) is 1. The highest BCUT2D eigenvalue weighted by Gasteiger charge is 2.22. The second-order valence-electron chi connectivity index (χ2n) is 6.83. The van der Waals surface area contributed by atoms with Crippen LogP contribution in [0.25, 0.3) is 0 Å². The Balaban J connectivity index is 2.05. The van der Waals surface area contributed by atoms with E-state index < -0.39 is 16.7 Å². The number of hydrogen-bond acceptors (Lipinski definition) is 5. The molecule has 0 aliphatic rings. The summed E-state index contributed by atoms with van der Waals surface area (Å²) in [6.07, 6.45) is 0. The summed E-state index contributed by atoms with van der Waals surface area (Å²) in [5.74, 6) is -1.80. The normalized spacial score (nSPS) is 11.8. The molecule has 2 rings (SSSR count). The van der Waals surface area contributed by atoms with Gasteiger partial charge in [-0.25, -0.2) is 0 Å². The zero-order valence-corrected chi connectivity index (χ0v) is 16.4. The molecule has 0 aliphatic carbocycles. The van der Waals surface area contributed by atoms with Crippen LogP contribution in [-0.2, 0) is 9.59 Å². The standard InChI is InChI=1S/C20H24N4O4/c1-13-5-8-15(9-6-13)18(23(3)4)12-21-19(25)20(26)22-16-10-7-14(2)11-17(16)24(27)28/h5-11,18H,12H2,1-4H3,(H,21,25)(H,22,26)/t18-/m0/s1. The number of nitrogens with zero attached hydrogens (tertiary/aromatic N) is 2. The Morgan fingerprint density at radius 2 is 1.64 bits per heavy atom. The first-order chi connectivity index (χ1) is 13.2. The molecule has 0 fully saturated rings. The van der Waals surface area contributed by atoms with Crippen molar-refractivity contribution in [3.05, 3.63) is 69.3 Å². The van der Waals surface area contributed by atoms with Crippen molar-refractivity contribution in [3.63, 3.8) is 0 Å². The van der Waals surface area contributed by atoms with Gasteiger partial charge in [0, 0.05) is 12.6 Å². The van der Waals surface area contributed by atoms with Gasteiger partial charge in [-0.05, 0) is 45.1 Å². The zero-order valence-electron chi connectivity index (χ0n) is 16.4. The highest BCUT2D eigenvalue weighted by Crippen LogP contribution is 2.25. The minimum atomic E-state index is -0.951. The molecule has 0 aliphatic heterocycles. The van der Waals surface area contributed by atoms with Crippen LogP contribution in [0.3, 0.4) is 0 Å². The van der Waals surface area contributed by atoms with Gasteiger partial charge in [0.1, 0.15) is 5.69 Å². The average molecular weight is 384 g/mol. The molecule has 0 heterocycles. The van der Waals surface area contributed by atoms with E-state index in [1.165, 1.54) is 12.1 Å². The van der Waals surface area contributed by atoms with Gasteiger partial charge < -0.3 is 15.5 Å².